The predicted molar refractivity (Wildman–Crippen MR) is 74.2 cm³/mol. The first-order valence-electron chi connectivity index (χ1n) is 7.43. The molecule has 1 N–H and O–H groups in total. The van der Waals surface area contributed by atoms with Gasteiger partial charge in [0.15, 0.2) is 0 Å². The van der Waals surface area contributed by atoms with Crippen LogP contribution < -0.4 is 5.32 Å². The number of hydrogen-bond donors (Lipinski definition) is 1. The lowest BCUT2D eigenvalue weighted by Crippen LogP contribution is -2.58. The van der Waals surface area contributed by atoms with Gasteiger partial charge in [0.05, 0.1) is 0 Å². The highest BCUT2D eigenvalue weighted by molar-refractivity contribution is 4.98. The predicted octanol–water partition coefficient (Wildman–Crippen LogP) is 2.89. The number of nitrogens with zero attached hydrogens (tertiary/aromatic N) is 1. The van der Waals surface area contributed by atoms with E-state index in [1.165, 1.54) is 45.1 Å². The Kier molecular flexibility index (Phi) is 4.14. The van der Waals surface area contributed by atoms with E-state index < -0.39 is 0 Å². The highest BCUT2D eigenvalue weighted by Crippen LogP contribution is 2.36. The molecule has 2 aliphatic carbocycles. The van der Waals surface area contributed by atoms with Crippen molar-refractivity contribution < 1.29 is 0 Å². The Hall–Kier alpha value is -0.0800. The van der Waals surface area contributed by atoms with E-state index in [2.05, 4.69) is 38.2 Å². The number of nitrogens with one attached hydrogen (secondary N) is 1. The highest BCUT2D eigenvalue weighted by Gasteiger charge is 2.39. The molecule has 0 aromatic carbocycles. The van der Waals surface area contributed by atoms with Crippen molar-refractivity contribution in [2.75, 3.05) is 20.6 Å². The van der Waals surface area contributed by atoms with Crippen LogP contribution >= 0.6 is 0 Å². The summed E-state index contributed by atoms with van der Waals surface area (Å²) in [6.07, 6.45) is 8.37. The van der Waals surface area contributed by atoms with Crippen molar-refractivity contribution in [2.45, 2.75) is 64.0 Å². The minimum Gasteiger partial charge on any atom is -0.312 e. The number of hydrogen-bond acceptors (Lipinski definition) is 2. The fourth-order valence-electron chi connectivity index (χ4n) is 3.81. The summed E-state index contributed by atoms with van der Waals surface area (Å²) in [6.45, 7) is 6.02. The quantitative estimate of drug-likeness (QED) is 0.810. The van der Waals surface area contributed by atoms with Crippen LogP contribution in [-0.4, -0.2) is 37.1 Å². The summed E-state index contributed by atoms with van der Waals surface area (Å²) >= 11 is 0. The van der Waals surface area contributed by atoms with Gasteiger partial charge in [0.2, 0.25) is 0 Å². The van der Waals surface area contributed by atoms with Gasteiger partial charge in [0.25, 0.3) is 0 Å². The van der Waals surface area contributed by atoms with Gasteiger partial charge in [-0.15, -0.1) is 0 Å². The molecule has 2 unspecified atom stereocenters. The SMILES string of the molecule is CC1CC(C)CC(NCC2(N(C)C)CCC2)C1. The zero-order valence-corrected chi connectivity index (χ0v) is 12.1. The van der Waals surface area contributed by atoms with Crippen molar-refractivity contribution in [3.05, 3.63) is 0 Å². The van der Waals surface area contributed by atoms with Crippen LogP contribution in [0.15, 0.2) is 0 Å². The van der Waals surface area contributed by atoms with Gasteiger partial charge in [0, 0.05) is 18.1 Å². The first-order chi connectivity index (χ1) is 8.02. The Bertz CT molecular complexity index is 235. The summed E-state index contributed by atoms with van der Waals surface area (Å²) in [6, 6.07) is 0.770. The van der Waals surface area contributed by atoms with Gasteiger partial charge in [-0.25, -0.2) is 0 Å². The first kappa shape index (κ1) is 13.4. The van der Waals surface area contributed by atoms with E-state index >= 15 is 0 Å². The Balaban J connectivity index is 1.81. The molecule has 2 atom stereocenters. The van der Waals surface area contributed by atoms with Gasteiger partial charge in [-0.2, -0.15) is 0 Å². The van der Waals surface area contributed by atoms with Crippen LogP contribution in [0.4, 0.5) is 0 Å². The van der Waals surface area contributed by atoms with E-state index in [0.717, 1.165) is 17.9 Å². The van der Waals surface area contributed by atoms with Crippen LogP contribution in [0, 0.1) is 11.8 Å². The summed E-state index contributed by atoms with van der Waals surface area (Å²) in [5.41, 5.74) is 0.476. The summed E-state index contributed by atoms with van der Waals surface area (Å²) in [7, 11) is 4.49. The third-order valence-corrected chi connectivity index (χ3v) is 5.13. The molecule has 2 saturated carbocycles. The smallest absolute Gasteiger partial charge is 0.0328 e. The van der Waals surface area contributed by atoms with E-state index in [9.17, 15) is 0 Å². The highest BCUT2D eigenvalue weighted by atomic mass is 15.2. The second-order valence-electron chi connectivity index (χ2n) is 6.97. The second kappa shape index (κ2) is 5.27. The Labute approximate surface area is 107 Å². The van der Waals surface area contributed by atoms with Crippen LogP contribution in [0.3, 0.4) is 0 Å². The zero-order valence-electron chi connectivity index (χ0n) is 12.1. The van der Waals surface area contributed by atoms with Gasteiger partial charge in [0.1, 0.15) is 0 Å². The molecule has 2 heteroatoms. The fraction of sp³-hybridized carbons (Fsp3) is 1.00. The lowest BCUT2D eigenvalue weighted by atomic mass is 9.74. The van der Waals surface area contributed by atoms with Crippen LogP contribution in [0.2, 0.25) is 0 Å². The Morgan fingerprint density at radius 3 is 2.06 bits per heavy atom. The van der Waals surface area contributed by atoms with Crippen LogP contribution in [0.1, 0.15) is 52.4 Å². The number of likely N-dealkylation sites (N-methyl/N-ethyl adjacent to an activating group) is 1. The molecule has 0 aromatic heterocycles. The molecule has 100 valence electrons. The van der Waals surface area contributed by atoms with Crippen molar-refractivity contribution in [1.82, 2.24) is 10.2 Å². The molecule has 0 bridgehead atoms. The van der Waals surface area contributed by atoms with Crippen molar-refractivity contribution in [3.63, 3.8) is 0 Å². The first-order valence-corrected chi connectivity index (χ1v) is 7.43. The molecule has 0 amide bonds. The van der Waals surface area contributed by atoms with Crippen molar-refractivity contribution in [2.24, 2.45) is 11.8 Å². The summed E-state index contributed by atoms with van der Waals surface area (Å²) in [5, 5.41) is 3.86. The average Bonchev–Trinajstić information content (AvgIpc) is 2.13. The topological polar surface area (TPSA) is 15.3 Å². The van der Waals surface area contributed by atoms with Gasteiger partial charge < -0.3 is 10.2 Å². The minimum atomic E-state index is 0.476. The zero-order chi connectivity index (χ0) is 12.5. The maximum Gasteiger partial charge on any atom is 0.0328 e. The van der Waals surface area contributed by atoms with Crippen LogP contribution in [-0.2, 0) is 0 Å². The third-order valence-electron chi connectivity index (χ3n) is 5.13. The van der Waals surface area contributed by atoms with E-state index in [0.29, 0.717) is 5.54 Å². The molecule has 0 saturated heterocycles. The van der Waals surface area contributed by atoms with Crippen LogP contribution in [0.5, 0.6) is 0 Å². The molecule has 0 spiro atoms. The fourth-order valence-corrected chi connectivity index (χ4v) is 3.81. The molecular weight excluding hydrogens is 208 g/mol. The standard InChI is InChI=1S/C15H30N2/c1-12-8-13(2)10-14(9-12)16-11-15(17(3)4)6-5-7-15/h12-14,16H,5-11H2,1-4H3. The van der Waals surface area contributed by atoms with Crippen molar-refractivity contribution >= 4 is 0 Å². The normalized spacial score (nSPS) is 36.9. The molecule has 0 radical (unpaired) electrons. The molecule has 2 nitrogen and oxygen atoms in total. The lowest BCUT2D eigenvalue weighted by Gasteiger charge is -2.48. The molecular formula is C15H30N2. The van der Waals surface area contributed by atoms with Gasteiger partial charge in [-0.1, -0.05) is 13.8 Å². The van der Waals surface area contributed by atoms with Crippen LogP contribution in [0.25, 0.3) is 0 Å². The maximum absolute atomic E-state index is 3.86. The largest absolute Gasteiger partial charge is 0.312 e. The third kappa shape index (κ3) is 3.03. The van der Waals surface area contributed by atoms with Crippen molar-refractivity contribution in [3.8, 4) is 0 Å². The minimum absolute atomic E-state index is 0.476. The Morgan fingerprint density at radius 2 is 1.65 bits per heavy atom. The van der Waals surface area contributed by atoms with Gasteiger partial charge in [-0.05, 0) is 64.5 Å². The lowest BCUT2D eigenvalue weighted by molar-refractivity contribution is 0.0531. The number of rotatable bonds is 4. The maximum atomic E-state index is 3.86. The van der Waals surface area contributed by atoms with E-state index in [-0.39, 0.29) is 0 Å². The summed E-state index contributed by atoms with van der Waals surface area (Å²) in [5.74, 6) is 1.82. The average molecular weight is 238 g/mol. The van der Waals surface area contributed by atoms with Gasteiger partial charge >= 0.3 is 0 Å². The molecule has 0 aromatic rings. The molecule has 2 aliphatic rings. The monoisotopic (exact) mass is 238 g/mol. The van der Waals surface area contributed by atoms with E-state index in [1.54, 1.807) is 0 Å². The molecule has 0 aliphatic heterocycles. The molecule has 0 heterocycles. The second-order valence-corrected chi connectivity index (χ2v) is 6.97. The Morgan fingerprint density at radius 1 is 1.06 bits per heavy atom. The molecule has 17 heavy (non-hydrogen) atoms. The summed E-state index contributed by atoms with van der Waals surface area (Å²) < 4.78 is 0. The summed E-state index contributed by atoms with van der Waals surface area (Å²) in [4.78, 5) is 2.44. The van der Waals surface area contributed by atoms with Crippen molar-refractivity contribution in [1.29, 1.82) is 0 Å². The van der Waals surface area contributed by atoms with E-state index in [4.69, 9.17) is 0 Å². The van der Waals surface area contributed by atoms with E-state index in [1.807, 2.05) is 0 Å². The molecule has 2 rings (SSSR count). The van der Waals surface area contributed by atoms with Gasteiger partial charge in [-0.3, -0.25) is 0 Å². The molecule has 2 fully saturated rings.